The molecule has 3 aromatic heterocycles. The van der Waals surface area contributed by atoms with Crippen molar-refractivity contribution in [1.29, 1.82) is 0 Å². The second kappa shape index (κ2) is 6.76. The number of benzene rings is 1. The summed E-state index contributed by atoms with van der Waals surface area (Å²) < 4.78 is 11.7. The van der Waals surface area contributed by atoms with Gasteiger partial charge in [-0.05, 0) is 36.1 Å². The number of aryl methyl sites for hydroxylation is 2. The molecular formula is C20H21N3OS. The van der Waals surface area contributed by atoms with E-state index < -0.39 is 0 Å². The van der Waals surface area contributed by atoms with Gasteiger partial charge in [-0.25, -0.2) is 4.98 Å². The topological polar surface area (TPSA) is 32.0 Å². The van der Waals surface area contributed by atoms with Crippen LogP contribution in [-0.2, 0) is 20.0 Å². The van der Waals surface area contributed by atoms with Gasteiger partial charge in [0, 0.05) is 18.9 Å². The van der Waals surface area contributed by atoms with Gasteiger partial charge in [-0.1, -0.05) is 25.1 Å². The molecule has 128 valence electrons. The van der Waals surface area contributed by atoms with Crippen LogP contribution in [-0.4, -0.2) is 20.7 Å². The predicted molar refractivity (Wildman–Crippen MR) is 103 cm³/mol. The van der Waals surface area contributed by atoms with E-state index in [-0.39, 0.29) is 0 Å². The molecule has 4 nitrogen and oxygen atoms in total. The Morgan fingerprint density at radius 3 is 2.76 bits per heavy atom. The molecule has 0 radical (unpaired) electrons. The summed E-state index contributed by atoms with van der Waals surface area (Å²) in [6.07, 6.45) is 2.94. The summed E-state index contributed by atoms with van der Waals surface area (Å²) in [5.74, 6) is 1.92. The number of nitrogens with zero attached hydrogens (tertiary/aromatic N) is 3. The van der Waals surface area contributed by atoms with Crippen molar-refractivity contribution in [2.24, 2.45) is 7.05 Å². The lowest BCUT2D eigenvalue weighted by molar-refractivity contribution is 0.297. The highest BCUT2D eigenvalue weighted by atomic mass is 32.1. The molecule has 0 aliphatic carbocycles. The van der Waals surface area contributed by atoms with Gasteiger partial charge in [0.2, 0.25) is 0 Å². The first-order valence-corrected chi connectivity index (χ1v) is 9.41. The average Bonchev–Trinajstić information content (AvgIpc) is 3.32. The maximum Gasteiger partial charge on any atom is 0.157 e. The Hall–Kier alpha value is -2.53. The Balaban J connectivity index is 1.62. The molecule has 25 heavy (non-hydrogen) atoms. The third-order valence-electron chi connectivity index (χ3n) is 4.52. The van der Waals surface area contributed by atoms with Crippen molar-refractivity contribution in [2.45, 2.75) is 19.9 Å². The lowest BCUT2D eigenvalue weighted by atomic mass is 10.3. The molecule has 3 heterocycles. The molecule has 0 fully saturated rings. The summed E-state index contributed by atoms with van der Waals surface area (Å²) >= 11 is 1.77. The van der Waals surface area contributed by atoms with Crippen LogP contribution in [0.3, 0.4) is 0 Å². The van der Waals surface area contributed by atoms with Crippen molar-refractivity contribution in [2.75, 3.05) is 6.61 Å². The van der Waals surface area contributed by atoms with E-state index in [1.807, 2.05) is 36.5 Å². The summed E-state index contributed by atoms with van der Waals surface area (Å²) in [6, 6.07) is 14.4. The minimum Gasteiger partial charge on any atom is -0.492 e. The number of para-hydroxylation sites is 1. The van der Waals surface area contributed by atoms with E-state index in [0.29, 0.717) is 6.61 Å². The maximum absolute atomic E-state index is 5.89. The monoisotopic (exact) mass is 351 g/mol. The first-order valence-electron chi connectivity index (χ1n) is 8.53. The molecule has 0 saturated heterocycles. The average molecular weight is 351 g/mol. The van der Waals surface area contributed by atoms with Gasteiger partial charge >= 0.3 is 0 Å². The van der Waals surface area contributed by atoms with Crippen molar-refractivity contribution in [1.82, 2.24) is 14.1 Å². The fraction of sp³-hybridized carbons (Fsp3) is 0.250. The second-order valence-corrected chi connectivity index (χ2v) is 6.95. The van der Waals surface area contributed by atoms with Gasteiger partial charge < -0.3 is 13.9 Å². The number of aromatic nitrogens is 3. The Labute approximate surface area is 151 Å². The van der Waals surface area contributed by atoms with E-state index in [1.165, 1.54) is 15.9 Å². The highest BCUT2D eigenvalue weighted by Gasteiger charge is 2.16. The number of imidazole rings is 1. The number of hydrogen-bond acceptors (Lipinski definition) is 3. The summed E-state index contributed by atoms with van der Waals surface area (Å²) in [5.41, 5.74) is 3.64. The Bertz CT molecular complexity index is 981. The van der Waals surface area contributed by atoms with Gasteiger partial charge in [0.1, 0.15) is 12.4 Å². The smallest absolute Gasteiger partial charge is 0.157 e. The second-order valence-electron chi connectivity index (χ2n) is 6.00. The van der Waals surface area contributed by atoms with Crippen LogP contribution < -0.4 is 4.74 Å². The van der Waals surface area contributed by atoms with E-state index in [2.05, 4.69) is 40.6 Å². The van der Waals surface area contributed by atoms with Crippen LogP contribution in [0.2, 0.25) is 0 Å². The molecule has 0 bridgehead atoms. The molecule has 4 rings (SSSR count). The standard InChI is InChI=1S/C20H21N3OS/c1-3-15-14-21-20(18-13-19-17(22(18)2)9-12-25-19)23(15)10-11-24-16-7-5-4-6-8-16/h4-9,12-14H,3,10-11H2,1-2H3. The molecule has 4 aromatic rings. The highest BCUT2D eigenvalue weighted by molar-refractivity contribution is 7.17. The van der Waals surface area contributed by atoms with Crippen LogP contribution in [0.4, 0.5) is 0 Å². The molecule has 0 amide bonds. The van der Waals surface area contributed by atoms with Crippen molar-refractivity contribution in [3.05, 3.63) is 59.7 Å². The van der Waals surface area contributed by atoms with E-state index in [4.69, 9.17) is 9.72 Å². The van der Waals surface area contributed by atoms with Crippen LogP contribution in [0, 0.1) is 0 Å². The van der Waals surface area contributed by atoms with Gasteiger partial charge in [-0.15, -0.1) is 11.3 Å². The number of ether oxygens (including phenoxy) is 1. The van der Waals surface area contributed by atoms with Crippen LogP contribution in [0.15, 0.2) is 54.0 Å². The fourth-order valence-electron chi connectivity index (χ4n) is 3.18. The zero-order valence-electron chi connectivity index (χ0n) is 14.5. The van der Waals surface area contributed by atoms with E-state index in [1.54, 1.807) is 11.3 Å². The molecular weight excluding hydrogens is 330 g/mol. The number of rotatable bonds is 6. The predicted octanol–water partition coefficient (Wildman–Crippen LogP) is 4.74. The minimum absolute atomic E-state index is 0.624. The van der Waals surface area contributed by atoms with Gasteiger partial charge in [0.15, 0.2) is 5.82 Å². The van der Waals surface area contributed by atoms with Crippen molar-refractivity contribution < 1.29 is 4.74 Å². The van der Waals surface area contributed by atoms with E-state index in [9.17, 15) is 0 Å². The van der Waals surface area contributed by atoms with Crippen LogP contribution in [0.5, 0.6) is 5.75 Å². The Kier molecular flexibility index (Phi) is 4.32. The normalized spacial score (nSPS) is 11.3. The van der Waals surface area contributed by atoms with Crippen molar-refractivity contribution in [3.8, 4) is 17.3 Å². The van der Waals surface area contributed by atoms with Gasteiger partial charge in [0.05, 0.1) is 22.5 Å². The van der Waals surface area contributed by atoms with Gasteiger partial charge in [-0.2, -0.15) is 0 Å². The number of thiophene rings is 1. The summed E-state index contributed by atoms with van der Waals surface area (Å²) in [7, 11) is 2.11. The maximum atomic E-state index is 5.89. The van der Waals surface area contributed by atoms with Crippen molar-refractivity contribution >= 4 is 21.6 Å². The zero-order valence-corrected chi connectivity index (χ0v) is 15.3. The molecule has 0 spiro atoms. The largest absolute Gasteiger partial charge is 0.492 e. The first-order chi connectivity index (χ1) is 12.3. The minimum atomic E-state index is 0.624. The molecule has 0 unspecified atom stereocenters. The first kappa shape index (κ1) is 16.0. The number of fused-ring (bicyclic) bond motifs is 1. The number of hydrogen-bond donors (Lipinski definition) is 0. The lowest BCUT2D eigenvalue weighted by Crippen LogP contribution is -2.12. The van der Waals surface area contributed by atoms with Crippen LogP contribution >= 0.6 is 11.3 Å². The molecule has 0 saturated carbocycles. The van der Waals surface area contributed by atoms with Gasteiger partial charge in [0.25, 0.3) is 0 Å². The molecule has 5 heteroatoms. The molecule has 1 aromatic carbocycles. The van der Waals surface area contributed by atoms with Crippen LogP contribution in [0.1, 0.15) is 12.6 Å². The lowest BCUT2D eigenvalue weighted by Gasteiger charge is -2.13. The quantitative estimate of drug-likeness (QED) is 0.502. The summed E-state index contributed by atoms with van der Waals surface area (Å²) in [6.45, 7) is 3.57. The van der Waals surface area contributed by atoms with Crippen LogP contribution in [0.25, 0.3) is 21.7 Å². The third-order valence-corrected chi connectivity index (χ3v) is 5.37. The zero-order chi connectivity index (χ0) is 17.2. The van der Waals surface area contributed by atoms with E-state index in [0.717, 1.165) is 30.2 Å². The summed E-state index contributed by atoms with van der Waals surface area (Å²) in [4.78, 5) is 4.71. The molecule has 0 aliphatic heterocycles. The van der Waals surface area contributed by atoms with Crippen molar-refractivity contribution in [3.63, 3.8) is 0 Å². The Morgan fingerprint density at radius 2 is 2.00 bits per heavy atom. The summed E-state index contributed by atoms with van der Waals surface area (Å²) in [5, 5.41) is 2.13. The molecule has 0 atom stereocenters. The molecule has 0 N–H and O–H groups in total. The highest BCUT2D eigenvalue weighted by Crippen LogP contribution is 2.30. The SMILES string of the molecule is CCc1cnc(-c2cc3sccc3n2C)n1CCOc1ccccc1. The van der Waals surface area contributed by atoms with Gasteiger partial charge in [-0.3, -0.25) is 0 Å². The fourth-order valence-corrected chi connectivity index (χ4v) is 4.03. The van der Waals surface area contributed by atoms with E-state index >= 15 is 0 Å². The molecule has 0 aliphatic rings. The Morgan fingerprint density at radius 1 is 1.16 bits per heavy atom. The third kappa shape index (κ3) is 2.96.